The maximum absolute atomic E-state index is 12.5. The number of rotatable bonds is 1. The second kappa shape index (κ2) is 3.40. The van der Waals surface area contributed by atoms with Crippen molar-refractivity contribution in [2.24, 2.45) is 0 Å². The molecule has 16 heavy (non-hydrogen) atoms. The summed E-state index contributed by atoms with van der Waals surface area (Å²) in [4.78, 5) is 10.6. The highest BCUT2D eigenvalue weighted by Crippen LogP contribution is 2.41. The number of para-hydroxylation sites is 1. The Morgan fingerprint density at radius 3 is 2.69 bits per heavy atom. The minimum absolute atomic E-state index is 0.0331. The lowest BCUT2D eigenvalue weighted by Gasteiger charge is -2.11. The van der Waals surface area contributed by atoms with E-state index in [9.17, 15) is 18.0 Å². The van der Waals surface area contributed by atoms with Crippen LogP contribution in [0.25, 0.3) is 0 Å². The van der Waals surface area contributed by atoms with E-state index in [-0.39, 0.29) is 17.7 Å². The molecule has 1 aliphatic heterocycles. The van der Waals surface area contributed by atoms with Crippen molar-refractivity contribution in [1.82, 2.24) is 0 Å². The summed E-state index contributed by atoms with van der Waals surface area (Å²) in [5.74, 6) is -1.62. The average Bonchev–Trinajstić information content (AvgIpc) is 2.58. The van der Waals surface area contributed by atoms with Crippen LogP contribution in [0, 0.1) is 0 Å². The first-order valence-corrected chi connectivity index (χ1v) is 4.48. The van der Waals surface area contributed by atoms with Gasteiger partial charge in [0.15, 0.2) is 6.10 Å². The smallest absolute Gasteiger partial charge is 0.419 e. The summed E-state index contributed by atoms with van der Waals surface area (Å²) in [5.41, 5.74) is -0.643. The zero-order chi connectivity index (χ0) is 11.9. The number of fused-ring (bicyclic) bond motifs is 1. The van der Waals surface area contributed by atoms with Crippen LogP contribution in [0.4, 0.5) is 13.2 Å². The first-order chi connectivity index (χ1) is 7.39. The van der Waals surface area contributed by atoms with E-state index in [2.05, 4.69) is 0 Å². The summed E-state index contributed by atoms with van der Waals surface area (Å²) >= 11 is 0. The Kier molecular flexibility index (Phi) is 2.29. The number of carboxylic acids is 1. The number of benzene rings is 1. The molecule has 3 nitrogen and oxygen atoms in total. The van der Waals surface area contributed by atoms with Crippen molar-refractivity contribution in [3.63, 3.8) is 0 Å². The molecular weight excluding hydrogens is 225 g/mol. The SMILES string of the molecule is O=C(O)C1Cc2cccc(C(F)(F)F)c2O1. The average molecular weight is 232 g/mol. The lowest BCUT2D eigenvalue weighted by Crippen LogP contribution is -2.24. The zero-order valence-corrected chi connectivity index (χ0v) is 7.91. The number of hydrogen-bond donors (Lipinski definition) is 1. The molecule has 6 heteroatoms. The molecule has 0 aliphatic carbocycles. The van der Waals surface area contributed by atoms with Crippen LogP contribution in [0.2, 0.25) is 0 Å². The predicted molar refractivity (Wildman–Crippen MR) is 47.2 cm³/mol. The van der Waals surface area contributed by atoms with Gasteiger partial charge < -0.3 is 9.84 Å². The Bertz CT molecular complexity index is 439. The minimum atomic E-state index is -4.53. The Balaban J connectivity index is 2.42. The van der Waals surface area contributed by atoms with Crippen LogP contribution < -0.4 is 4.74 Å². The standard InChI is InChI=1S/C10H7F3O3/c11-10(12,13)6-3-1-2-5-4-7(9(14)15)16-8(5)6/h1-3,7H,4H2,(H,14,15). The molecule has 2 rings (SSSR count). The molecule has 1 N–H and O–H groups in total. The Hall–Kier alpha value is -1.72. The molecule has 1 aromatic rings. The van der Waals surface area contributed by atoms with Gasteiger partial charge in [-0.1, -0.05) is 12.1 Å². The Morgan fingerprint density at radius 2 is 2.12 bits per heavy atom. The number of alkyl halides is 3. The van der Waals surface area contributed by atoms with Gasteiger partial charge in [0.2, 0.25) is 0 Å². The van der Waals surface area contributed by atoms with E-state index < -0.39 is 23.8 Å². The van der Waals surface area contributed by atoms with Gasteiger partial charge in [0.05, 0.1) is 5.56 Å². The van der Waals surface area contributed by atoms with Crippen LogP contribution in [0.1, 0.15) is 11.1 Å². The maximum atomic E-state index is 12.5. The quantitative estimate of drug-likeness (QED) is 0.806. The Morgan fingerprint density at radius 1 is 1.44 bits per heavy atom. The van der Waals surface area contributed by atoms with E-state index >= 15 is 0 Å². The van der Waals surface area contributed by atoms with Crippen LogP contribution in [0.5, 0.6) is 5.75 Å². The molecule has 0 fully saturated rings. The fraction of sp³-hybridized carbons (Fsp3) is 0.300. The highest BCUT2D eigenvalue weighted by molar-refractivity contribution is 5.75. The normalized spacial score (nSPS) is 19.1. The number of carbonyl (C=O) groups is 1. The lowest BCUT2D eigenvalue weighted by atomic mass is 10.1. The minimum Gasteiger partial charge on any atom is -0.478 e. The highest BCUT2D eigenvalue weighted by atomic mass is 19.4. The van der Waals surface area contributed by atoms with Gasteiger partial charge >= 0.3 is 12.1 Å². The molecule has 0 aromatic heterocycles. The molecule has 1 aromatic carbocycles. The molecule has 0 radical (unpaired) electrons. The fourth-order valence-corrected chi connectivity index (χ4v) is 1.63. The maximum Gasteiger partial charge on any atom is 0.419 e. The largest absolute Gasteiger partial charge is 0.478 e. The van der Waals surface area contributed by atoms with Crippen LogP contribution in [0.15, 0.2) is 18.2 Å². The van der Waals surface area contributed by atoms with Gasteiger partial charge in [0.1, 0.15) is 5.75 Å². The molecular formula is C10H7F3O3. The third kappa shape index (κ3) is 1.70. The molecule has 1 unspecified atom stereocenters. The molecule has 86 valence electrons. The molecule has 1 heterocycles. The van der Waals surface area contributed by atoms with E-state index in [0.29, 0.717) is 0 Å². The molecule has 0 amide bonds. The molecule has 0 saturated carbocycles. The van der Waals surface area contributed by atoms with Crippen LogP contribution in [-0.2, 0) is 17.4 Å². The van der Waals surface area contributed by atoms with Gasteiger partial charge in [-0.25, -0.2) is 4.79 Å². The van der Waals surface area contributed by atoms with Crippen molar-refractivity contribution in [3.05, 3.63) is 29.3 Å². The second-order valence-corrected chi connectivity index (χ2v) is 3.44. The number of aliphatic carboxylic acids is 1. The first-order valence-electron chi connectivity index (χ1n) is 4.48. The van der Waals surface area contributed by atoms with Gasteiger partial charge in [-0.3, -0.25) is 0 Å². The van der Waals surface area contributed by atoms with Gasteiger partial charge in [0, 0.05) is 6.42 Å². The number of ether oxygens (including phenoxy) is 1. The second-order valence-electron chi connectivity index (χ2n) is 3.44. The van der Waals surface area contributed by atoms with Crippen LogP contribution in [-0.4, -0.2) is 17.2 Å². The third-order valence-electron chi connectivity index (χ3n) is 2.34. The van der Waals surface area contributed by atoms with E-state index in [1.165, 1.54) is 12.1 Å². The summed E-state index contributed by atoms with van der Waals surface area (Å²) in [6.45, 7) is 0. The Labute approximate surface area is 88.5 Å². The van der Waals surface area contributed by atoms with Crippen molar-refractivity contribution >= 4 is 5.97 Å². The number of carboxylic acid groups (broad SMARTS) is 1. The molecule has 1 aliphatic rings. The topological polar surface area (TPSA) is 46.5 Å². The van der Waals surface area contributed by atoms with Crippen molar-refractivity contribution in [1.29, 1.82) is 0 Å². The van der Waals surface area contributed by atoms with Crippen molar-refractivity contribution < 1.29 is 27.8 Å². The van der Waals surface area contributed by atoms with Gasteiger partial charge in [-0.2, -0.15) is 13.2 Å². The summed E-state index contributed by atoms with van der Waals surface area (Å²) in [6, 6.07) is 3.56. The van der Waals surface area contributed by atoms with Gasteiger partial charge in [-0.15, -0.1) is 0 Å². The highest BCUT2D eigenvalue weighted by Gasteiger charge is 2.39. The predicted octanol–water partition coefficient (Wildman–Crippen LogP) is 2.09. The molecule has 0 spiro atoms. The van der Waals surface area contributed by atoms with E-state index in [4.69, 9.17) is 9.84 Å². The number of hydrogen-bond acceptors (Lipinski definition) is 2. The summed E-state index contributed by atoms with van der Waals surface area (Å²) in [7, 11) is 0. The van der Waals surface area contributed by atoms with Crippen molar-refractivity contribution in [3.8, 4) is 5.75 Å². The lowest BCUT2D eigenvalue weighted by molar-refractivity contribution is -0.146. The first kappa shape index (κ1) is 10.8. The molecule has 0 bridgehead atoms. The van der Waals surface area contributed by atoms with Crippen molar-refractivity contribution in [2.45, 2.75) is 18.7 Å². The fourth-order valence-electron chi connectivity index (χ4n) is 1.63. The summed E-state index contributed by atoms with van der Waals surface area (Å²) in [6.07, 6.45) is -5.79. The van der Waals surface area contributed by atoms with E-state index in [1.54, 1.807) is 0 Å². The van der Waals surface area contributed by atoms with Crippen molar-refractivity contribution in [2.75, 3.05) is 0 Å². The summed E-state index contributed by atoms with van der Waals surface area (Å²) < 4.78 is 42.4. The molecule has 1 atom stereocenters. The monoisotopic (exact) mass is 232 g/mol. The van der Waals surface area contributed by atoms with E-state index in [1.807, 2.05) is 0 Å². The summed E-state index contributed by atoms with van der Waals surface area (Å²) in [5, 5.41) is 8.67. The van der Waals surface area contributed by atoms with E-state index in [0.717, 1.165) is 6.07 Å². The van der Waals surface area contributed by atoms with Crippen LogP contribution in [0.3, 0.4) is 0 Å². The molecule has 0 saturated heterocycles. The van der Waals surface area contributed by atoms with Crippen LogP contribution >= 0.6 is 0 Å². The third-order valence-corrected chi connectivity index (χ3v) is 2.34. The van der Waals surface area contributed by atoms with Gasteiger partial charge in [-0.05, 0) is 11.6 Å². The van der Waals surface area contributed by atoms with Gasteiger partial charge in [0.25, 0.3) is 0 Å². The number of halogens is 3. The zero-order valence-electron chi connectivity index (χ0n) is 7.91.